The zero-order valence-electron chi connectivity index (χ0n) is 15.0. The Kier molecular flexibility index (Phi) is 5.23. The number of rotatable bonds is 4. The molecule has 2 aliphatic heterocycles. The smallest absolute Gasteiger partial charge is 0.253 e. The fourth-order valence-electron chi connectivity index (χ4n) is 3.71. The molecule has 24 heavy (non-hydrogen) atoms. The molecule has 2 aliphatic rings. The molecule has 2 saturated heterocycles. The molecular weight excluding hydrogens is 304 g/mol. The maximum Gasteiger partial charge on any atom is 0.253 e. The molecule has 2 fully saturated rings. The van der Waals surface area contributed by atoms with E-state index in [1.807, 2.05) is 18.2 Å². The van der Waals surface area contributed by atoms with E-state index in [0.29, 0.717) is 19.1 Å². The van der Waals surface area contributed by atoms with Gasteiger partial charge >= 0.3 is 0 Å². The summed E-state index contributed by atoms with van der Waals surface area (Å²) in [7, 11) is 3.57. The van der Waals surface area contributed by atoms with Crippen molar-refractivity contribution in [3.63, 3.8) is 0 Å². The third kappa shape index (κ3) is 3.79. The van der Waals surface area contributed by atoms with Crippen molar-refractivity contribution in [3.8, 4) is 0 Å². The standard InChI is InChI=1S/C19H28N2O3/c1-19(23-10-11-24-19)17-8-5-9-21(14-17)13-15-6-4-7-16(12-15)18(22)20(2)3/h4,6-7,12,17H,5,8-11,13-14H2,1-3H3. The summed E-state index contributed by atoms with van der Waals surface area (Å²) in [6, 6.07) is 7.96. The van der Waals surface area contributed by atoms with Gasteiger partial charge in [-0.2, -0.15) is 0 Å². The molecule has 0 bridgehead atoms. The SMILES string of the molecule is CN(C)C(=O)c1cccc(CN2CCCC(C3(C)OCCO3)C2)c1. The highest BCUT2D eigenvalue weighted by molar-refractivity contribution is 5.94. The van der Waals surface area contributed by atoms with E-state index in [-0.39, 0.29) is 5.91 Å². The molecular formula is C19H28N2O3. The van der Waals surface area contributed by atoms with Gasteiger partial charge in [0.2, 0.25) is 0 Å². The van der Waals surface area contributed by atoms with Gasteiger partial charge in [-0.3, -0.25) is 9.69 Å². The Morgan fingerprint density at radius 3 is 2.79 bits per heavy atom. The van der Waals surface area contributed by atoms with Crippen LogP contribution < -0.4 is 0 Å². The third-order valence-corrected chi connectivity index (χ3v) is 5.09. The monoisotopic (exact) mass is 332 g/mol. The maximum absolute atomic E-state index is 12.1. The summed E-state index contributed by atoms with van der Waals surface area (Å²) in [5.41, 5.74) is 1.93. The lowest BCUT2D eigenvalue weighted by Crippen LogP contribution is -2.46. The van der Waals surface area contributed by atoms with Crippen LogP contribution in [-0.4, -0.2) is 61.9 Å². The molecule has 1 amide bonds. The summed E-state index contributed by atoms with van der Waals surface area (Å²) >= 11 is 0. The first-order valence-electron chi connectivity index (χ1n) is 8.79. The number of amides is 1. The minimum atomic E-state index is -0.429. The molecule has 2 heterocycles. The Balaban J connectivity index is 1.65. The molecule has 1 aromatic rings. The van der Waals surface area contributed by atoms with Crippen molar-refractivity contribution in [2.45, 2.75) is 32.1 Å². The van der Waals surface area contributed by atoms with E-state index < -0.39 is 5.79 Å². The molecule has 132 valence electrons. The number of hydrogen-bond donors (Lipinski definition) is 0. The van der Waals surface area contributed by atoms with Gasteiger partial charge in [0, 0.05) is 38.7 Å². The second-order valence-corrected chi connectivity index (χ2v) is 7.19. The van der Waals surface area contributed by atoms with E-state index in [9.17, 15) is 4.79 Å². The van der Waals surface area contributed by atoms with E-state index in [1.54, 1.807) is 19.0 Å². The predicted molar refractivity (Wildman–Crippen MR) is 92.8 cm³/mol. The minimum absolute atomic E-state index is 0.0497. The summed E-state index contributed by atoms with van der Waals surface area (Å²) in [5, 5.41) is 0. The van der Waals surface area contributed by atoms with Gasteiger partial charge in [0.05, 0.1) is 13.2 Å². The van der Waals surface area contributed by atoms with E-state index in [4.69, 9.17) is 9.47 Å². The Bertz CT molecular complexity index is 582. The van der Waals surface area contributed by atoms with E-state index in [0.717, 1.165) is 38.0 Å². The van der Waals surface area contributed by atoms with Gasteiger partial charge in [-0.1, -0.05) is 12.1 Å². The second-order valence-electron chi connectivity index (χ2n) is 7.19. The van der Waals surface area contributed by atoms with Crippen molar-refractivity contribution in [3.05, 3.63) is 35.4 Å². The number of nitrogens with zero attached hydrogens (tertiary/aromatic N) is 2. The number of piperidine rings is 1. The molecule has 0 radical (unpaired) electrons. The molecule has 0 aliphatic carbocycles. The highest BCUT2D eigenvalue weighted by Crippen LogP contribution is 2.34. The summed E-state index contributed by atoms with van der Waals surface area (Å²) < 4.78 is 11.7. The van der Waals surface area contributed by atoms with Gasteiger partial charge in [-0.25, -0.2) is 0 Å². The number of hydrogen-bond acceptors (Lipinski definition) is 4. The predicted octanol–water partition coefficient (Wildman–Crippen LogP) is 2.36. The van der Waals surface area contributed by atoms with Crippen LogP contribution in [0, 0.1) is 5.92 Å². The highest BCUT2D eigenvalue weighted by Gasteiger charge is 2.41. The third-order valence-electron chi connectivity index (χ3n) is 5.09. The van der Waals surface area contributed by atoms with Gasteiger partial charge in [0.15, 0.2) is 5.79 Å². The first-order valence-corrected chi connectivity index (χ1v) is 8.79. The Morgan fingerprint density at radius 2 is 2.08 bits per heavy atom. The molecule has 1 unspecified atom stereocenters. The minimum Gasteiger partial charge on any atom is -0.347 e. The maximum atomic E-state index is 12.1. The molecule has 1 atom stereocenters. The van der Waals surface area contributed by atoms with Gasteiger partial charge in [-0.15, -0.1) is 0 Å². The summed E-state index contributed by atoms with van der Waals surface area (Å²) in [6.45, 7) is 6.38. The Labute approximate surface area is 144 Å². The van der Waals surface area contributed by atoms with Crippen LogP contribution in [0.5, 0.6) is 0 Å². The van der Waals surface area contributed by atoms with Gasteiger partial charge in [0.25, 0.3) is 5.91 Å². The van der Waals surface area contributed by atoms with Crippen LogP contribution in [0.4, 0.5) is 0 Å². The molecule has 1 aromatic carbocycles. The van der Waals surface area contributed by atoms with Crippen molar-refractivity contribution in [2.75, 3.05) is 40.4 Å². The molecule has 3 rings (SSSR count). The summed E-state index contributed by atoms with van der Waals surface area (Å²) in [4.78, 5) is 16.2. The fourth-order valence-corrected chi connectivity index (χ4v) is 3.71. The fraction of sp³-hybridized carbons (Fsp3) is 0.632. The zero-order chi connectivity index (χ0) is 17.2. The average Bonchev–Trinajstić information content (AvgIpc) is 3.03. The van der Waals surface area contributed by atoms with Crippen LogP contribution in [0.3, 0.4) is 0 Å². The summed E-state index contributed by atoms with van der Waals surface area (Å²) in [5.74, 6) is 0.0236. The van der Waals surface area contributed by atoms with Gasteiger partial charge in [-0.05, 0) is 44.0 Å². The largest absolute Gasteiger partial charge is 0.347 e. The lowest BCUT2D eigenvalue weighted by atomic mass is 9.90. The van der Waals surface area contributed by atoms with E-state index >= 15 is 0 Å². The van der Waals surface area contributed by atoms with Gasteiger partial charge < -0.3 is 14.4 Å². The van der Waals surface area contributed by atoms with Crippen molar-refractivity contribution in [1.29, 1.82) is 0 Å². The highest BCUT2D eigenvalue weighted by atomic mass is 16.7. The first kappa shape index (κ1) is 17.4. The normalized spacial score (nSPS) is 24.0. The Morgan fingerprint density at radius 1 is 1.33 bits per heavy atom. The average molecular weight is 332 g/mol. The first-order chi connectivity index (χ1) is 11.5. The second kappa shape index (κ2) is 7.21. The number of likely N-dealkylation sites (tertiary alicyclic amines) is 1. The molecule has 0 aromatic heterocycles. The lowest BCUT2D eigenvalue weighted by Gasteiger charge is -2.40. The number of carbonyl (C=O) groups excluding carboxylic acids is 1. The van der Waals surface area contributed by atoms with Crippen molar-refractivity contribution >= 4 is 5.91 Å². The Hall–Kier alpha value is -1.43. The van der Waals surface area contributed by atoms with Crippen LogP contribution in [0.25, 0.3) is 0 Å². The molecule has 0 saturated carbocycles. The molecule has 5 heteroatoms. The van der Waals surface area contributed by atoms with Crippen LogP contribution in [0.2, 0.25) is 0 Å². The van der Waals surface area contributed by atoms with Crippen LogP contribution in [0.15, 0.2) is 24.3 Å². The van der Waals surface area contributed by atoms with E-state index in [2.05, 4.69) is 17.9 Å². The van der Waals surface area contributed by atoms with Gasteiger partial charge in [0.1, 0.15) is 0 Å². The van der Waals surface area contributed by atoms with Crippen molar-refractivity contribution in [2.24, 2.45) is 5.92 Å². The van der Waals surface area contributed by atoms with Crippen molar-refractivity contribution in [1.82, 2.24) is 9.80 Å². The van der Waals surface area contributed by atoms with Crippen LogP contribution >= 0.6 is 0 Å². The number of benzene rings is 1. The zero-order valence-corrected chi connectivity index (χ0v) is 15.0. The number of carbonyl (C=O) groups is 1. The van der Waals surface area contributed by atoms with E-state index in [1.165, 1.54) is 5.56 Å². The molecule has 0 spiro atoms. The molecule has 0 N–H and O–H groups in total. The van der Waals surface area contributed by atoms with Crippen molar-refractivity contribution < 1.29 is 14.3 Å². The number of ether oxygens (including phenoxy) is 2. The molecule has 5 nitrogen and oxygen atoms in total. The quantitative estimate of drug-likeness (QED) is 0.849. The lowest BCUT2D eigenvalue weighted by molar-refractivity contribution is -0.192. The van der Waals surface area contributed by atoms with Crippen LogP contribution in [0.1, 0.15) is 35.7 Å². The summed E-state index contributed by atoms with van der Waals surface area (Å²) in [6.07, 6.45) is 2.30. The topological polar surface area (TPSA) is 42.0 Å². The van der Waals surface area contributed by atoms with Crippen LogP contribution in [-0.2, 0) is 16.0 Å².